The molecule has 0 N–H and O–H groups in total. The summed E-state index contributed by atoms with van der Waals surface area (Å²) in [5, 5.41) is 13.0. The Morgan fingerprint density at radius 2 is 2.32 bits per heavy atom. The molecule has 0 aromatic carbocycles. The lowest BCUT2D eigenvalue weighted by atomic mass is 10.3. The summed E-state index contributed by atoms with van der Waals surface area (Å²) in [5.41, 5.74) is 1.10. The standard InChI is InChI=1S/C15H16N4OS2/c1-10-16-12(8-21-10)9-22-15-18-17-14(11-4-5-11)19(15)7-13-3-2-6-20-13/h2-3,6,8,11H,4-5,7,9H2,1H3. The topological polar surface area (TPSA) is 56.7 Å². The third-order valence-electron chi connectivity index (χ3n) is 3.60. The van der Waals surface area contributed by atoms with Crippen molar-refractivity contribution in [1.29, 1.82) is 0 Å². The summed E-state index contributed by atoms with van der Waals surface area (Å²) in [6.45, 7) is 2.73. The third kappa shape index (κ3) is 2.96. The first kappa shape index (κ1) is 14.0. The van der Waals surface area contributed by atoms with Crippen LogP contribution in [0.15, 0.2) is 33.3 Å². The van der Waals surface area contributed by atoms with Crippen LogP contribution in [0.4, 0.5) is 0 Å². The minimum Gasteiger partial charge on any atom is -0.467 e. The highest BCUT2D eigenvalue weighted by molar-refractivity contribution is 7.98. The molecule has 1 aliphatic rings. The summed E-state index contributed by atoms with van der Waals surface area (Å²) in [7, 11) is 0. The molecule has 0 radical (unpaired) electrons. The van der Waals surface area contributed by atoms with Gasteiger partial charge in [0.25, 0.3) is 0 Å². The molecule has 0 aliphatic heterocycles. The first-order valence-electron chi connectivity index (χ1n) is 7.29. The smallest absolute Gasteiger partial charge is 0.192 e. The van der Waals surface area contributed by atoms with Gasteiger partial charge in [-0.1, -0.05) is 11.8 Å². The quantitative estimate of drug-likeness (QED) is 0.642. The molecule has 1 saturated carbocycles. The molecule has 5 nitrogen and oxygen atoms in total. The van der Waals surface area contributed by atoms with Crippen molar-refractivity contribution in [3.05, 3.63) is 46.1 Å². The zero-order chi connectivity index (χ0) is 14.9. The third-order valence-corrected chi connectivity index (χ3v) is 5.42. The van der Waals surface area contributed by atoms with E-state index in [0.29, 0.717) is 12.5 Å². The molecule has 3 aromatic heterocycles. The van der Waals surface area contributed by atoms with E-state index in [-0.39, 0.29) is 0 Å². The molecule has 0 amide bonds. The Bertz CT molecular complexity index is 758. The molecule has 1 aliphatic carbocycles. The van der Waals surface area contributed by atoms with Crippen LogP contribution in [0.1, 0.15) is 41.0 Å². The maximum Gasteiger partial charge on any atom is 0.192 e. The van der Waals surface area contributed by atoms with Gasteiger partial charge in [-0.3, -0.25) is 4.57 Å². The lowest BCUT2D eigenvalue weighted by Gasteiger charge is -2.07. The van der Waals surface area contributed by atoms with Crippen LogP contribution in [0.25, 0.3) is 0 Å². The van der Waals surface area contributed by atoms with E-state index >= 15 is 0 Å². The molecule has 3 aromatic rings. The van der Waals surface area contributed by atoms with Gasteiger partial charge in [-0.15, -0.1) is 21.5 Å². The number of aryl methyl sites for hydroxylation is 1. The summed E-state index contributed by atoms with van der Waals surface area (Å²) in [6.07, 6.45) is 4.14. The molecular formula is C15H16N4OS2. The number of nitrogens with zero attached hydrogens (tertiary/aromatic N) is 4. The number of thiazole rings is 1. The Labute approximate surface area is 136 Å². The van der Waals surface area contributed by atoms with Crippen molar-refractivity contribution < 1.29 is 4.42 Å². The normalized spacial score (nSPS) is 14.6. The molecule has 0 unspecified atom stereocenters. The Hall–Kier alpha value is -1.60. The molecule has 3 heterocycles. The molecule has 114 valence electrons. The van der Waals surface area contributed by atoms with Gasteiger partial charge in [0, 0.05) is 17.1 Å². The zero-order valence-corrected chi connectivity index (χ0v) is 13.9. The van der Waals surface area contributed by atoms with Crippen LogP contribution < -0.4 is 0 Å². The summed E-state index contributed by atoms with van der Waals surface area (Å²) in [6, 6.07) is 3.91. The van der Waals surface area contributed by atoms with E-state index in [1.54, 1.807) is 29.4 Å². The Morgan fingerprint density at radius 3 is 3.00 bits per heavy atom. The van der Waals surface area contributed by atoms with E-state index in [1.165, 1.54) is 12.8 Å². The Kier molecular flexibility index (Phi) is 3.75. The van der Waals surface area contributed by atoms with Crippen molar-refractivity contribution in [1.82, 2.24) is 19.7 Å². The average molecular weight is 332 g/mol. The van der Waals surface area contributed by atoms with Gasteiger partial charge in [0.15, 0.2) is 5.16 Å². The second kappa shape index (κ2) is 5.89. The predicted octanol–water partition coefficient (Wildman–Crippen LogP) is 3.85. The largest absolute Gasteiger partial charge is 0.467 e. The van der Waals surface area contributed by atoms with Crippen molar-refractivity contribution in [2.24, 2.45) is 0 Å². The summed E-state index contributed by atoms with van der Waals surface area (Å²) in [5.74, 6) is 3.42. The zero-order valence-electron chi connectivity index (χ0n) is 12.2. The highest BCUT2D eigenvalue weighted by Crippen LogP contribution is 2.40. The van der Waals surface area contributed by atoms with Gasteiger partial charge in [0.2, 0.25) is 0 Å². The summed E-state index contributed by atoms with van der Waals surface area (Å²) in [4.78, 5) is 4.51. The molecule has 7 heteroatoms. The molecule has 22 heavy (non-hydrogen) atoms. The van der Waals surface area contributed by atoms with E-state index in [2.05, 4.69) is 25.1 Å². The molecule has 1 fully saturated rings. The number of hydrogen-bond donors (Lipinski definition) is 0. The maximum absolute atomic E-state index is 5.49. The average Bonchev–Trinajstić information content (AvgIpc) is 2.91. The van der Waals surface area contributed by atoms with Crippen LogP contribution in [-0.2, 0) is 12.3 Å². The maximum atomic E-state index is 5.49. The van der Waals surface area contributed by atoms with E-state index in [4.69, 9.17) is 4.42 Å². The fourth-order valence-electron chi connectivity index (χ4n) is 2.37. The minimum atomic E-state index is 0.568. The molecular weight excluding hydrogens is 316 g/mol. The molecule has 0 bridgehead atoms. The van der Waals surface area contributed by atoms with Gasteiger partial charge in [-0.2, -0.15) is 0 Å². The van der Waals surface area contributed by atoms with Crippen molar-refractivity contribution in [2.45, 2.75) is 43.1 Å². The molecule has 0 spiro atoms. The van der Waals surface area contributed by atoms with E-state index in [0.717, 1.165) is 33.2 Å². The van der Waals surface area contributed by atoms with Crippen molar-refractivity contribution in [3.63, 3.8) is 0 Å². The fourth-order valence-corrected chi connectivity index (χ4v) is 3.93. The van der Waals surface area contributed by atoms with Gasteiger partial charge in [0.05, 0.1) is 23.5 Å². The SMILES string of the molecule is Cc1nc(CSc2nnc(C3CC3)n2Cc2ccco2)cs1. The number of hydrogen-bond acceptors (Lipinski definition) is 6. The minimum absolute atomic E-state index is 0.568. The highest BCUT2D eigenvalue weighted by atomic mass is 32.2. The van der Waals surface area contributed by atoms with E-state index in [1.807, 2.05) is 19.1 Å². The van der Waals surface area contributed by atoms with Crippen LogP contribution >= 0.6 is 23.1 Å². The Morgan fingerprint density at radius 1 is 1.41 bits per heavy atom. The highest BCUT2D eigenvalue weighted by Gasteiger charge is 2.30. The number of furan rings is 1. The fraction of sp³-hybridized carbons (Fsp3) is 0.400. The Balaban J connectivity index is 1.55. The van der Waals surface area contributed by atoms with Crippen molar-refractivity contribution >= 4 is 23.1 Å². The first-order valence-corrected chi connectivity index (χ1v) is 9.15. The van der Waals surface area contributed by atoms with Gasteiger partial charge in [-0.05, 0) is 31.9 Å². The van der Waals surface area contributed by atoms with Gasteiger partial charge >= 0.3 is 0 Å². The van der Waals surface area contributed by atoms with Gasteiger partial charge < -0.3 is 4.42 Å². The van der Waals surface area contributed by atoms with Crippen LogP contribution in [0.3, 0.4) is 0 Å². The second-order valence-electron chi connectivity index (χ2n) is 5.43. The van der Waals surface area contributed by atoms with E-state index < -0.39 is 0 Å². The van der Waals surface area contributed by atoms with Gasteiger partial charge in [0.1, 0.15) is 11.6 Å². The first-order chi connectivity index (χ1) is 10.8. The van der Waals surface area contributed by atoms with Crippen molar-refractivity contribution in [3.8, 4) is 0 Å². The van der Waals surface area contributed by atoms with E-state index in [9.17, 15) is 0 Å². The lowest BCUT2D eigenvalue weighted by Crippen LogP contribution is -2.05. The van der Waals surface area contributed by atoms with Crippen LogP contribution in [0, 0.1) is 6.92 Å². The second-order valence-corrected chi connectivity index (χ2v) is 7.43. The number of aromatic nitrogens is 4. The number of rotatable bonds is 6. The summed E-state index contributed by atoms with van der Waals surface area (Å²) >= 11 is 3.38. The molecule has 0 atom stereocenters. The predicted molar refractivity (Wildman–Crippen MR) is 86.2 cm³/mol. The monoisotopic (exact) mass is 332 g/mol. The summed E-state index contributed by atoms with van der Waals surface area (Å²) < 4.78 is 7.68. The van der Waals surface area contributed by atoms with Crippen LogP contribution in [0.5, 0.6) is 0 Å². The van der Waals surface area contributed by atoms with Crippen LogP contribution in [0.2, 0.25) is 0 Å². The molecule has 4 rings (SSSR count). The van der Waals surface area contributed by atoms with Gasteiger partial charge in [-0.25, -0.2) is 4.98 Å². The molecule has 0 saturated heterocycles. The number of thioether (sulfide) groups is 1. The van der Waals surface area contributed by atoms with Crippen LogP contribution in [-0.4, -0.2) is 19.7 Å². The van der Waals surface area contributed by atoms with Crippen molar-refractivity contribution in [2.75, 3.05) is 0 Å². The lowest BCUT2D eigenvalue weighted by molar-refractivity contribution is 0.478.